The third kappa shape index (κ3) is 3.10. The second kappa shape index (κ2) is 7.12. The van der Waals surface area contributed by atoms with Crippen LogP contribution in [-0.2, 0) is 24.3 Å². The molecule has 26 heavy (non-hydrogen) atoms. The van der Waals surface area contributed by atoms with Gasteiger partial charge < -0.3 is 9.47 Å². The summed E-state index contributed by atoms with van der Waals surface area (Å²) in [7, 11) is 0. The molecular formula is C21H22ClN3O. The average Bonchev–Trinajstić information content (AvgIpc) is 3.15. The number of imidazole rings is 1. The molecule has 1 aromatic heterocycles. The highest BCUT2D eigenvalue weighted by atomic mass is 35.5. The second-order valence-corrected chi connectivity index (χ2v) is 7.22. The van der Waals surface area contributed by atoms with Crippen molar-refractivity contribution in [1.82, 2.24) is 14.5 Å². The number of aryl methyl sites for hydroxylation is 2. The first-order valence-corrected chi connectivity index (χ1v) is 9.52. The first-order valence-electron chi connectivity index (χ1n) is 8.99. The number of carbonyl (C=O) groups is 1. The van der Waals surface area contributed by atoms with Crippen LogP contribution < -0.4 is 0 Å². The van der Waals surface area contributed by atoms with Gasteiger partial charge in [-0.3, -0.25) is 4.79 Å². The van der Waals surface area contributed by atoms with Crippen LogP contribution in [0.4, 0.5) is 0 Å². The number of nitrogens with zero attached hydrogens (tertiary/aromatic N) is 3. The van der Waals surface area contributed by atoms with Crippen LogP contribution >= 0.6 is 11.6 Å². The maximum atomic E-state index is 12.6. The van der Waals surface area contributed by atoms with Crippen molar-refractivity contribution in [3.8, 4) is 0 Å². The number of halogens is 1. The van der Waals surface area contributed by atoms with Crippen LogP contribution in [0.15, 0.2) is 48.9 Å². The van der Waals surface area contributed by atoms with Crippen LogP contribution in [0.1, 0.15) is 23.2 Å². The Kier molecular flexibility index (Phi) is 4.68. The number of alkyl halides is 1. The van der Waals surface area contributed by atoms with Gasteiger partial charge in [-0.2, -0.15) is 0 Å². The Morgan fingerprint density at radius 2 is 2.15 bits per heavy atom. The molecule has 2 heterocycles. The minimum Gasteiger partial charge on any atom is -0.333 e. The summed E-state index contributed by atoms with van der Waals surface area (Å²) in [6.07, 6.45) is 5.65. The van der Waals surface area contributed by atoms with Crippen molar-refractivity contribution in [2.24, 2.45) is 0 Å². The fourth-order valence-corrected chi connectivity index (χ4v) is 4.09. The van der Waals surface area contributed by atoms with E-state index in [0.29, 0.717) is 6.54 Å². The first-order chi connectivity index (χ1) is 12.7. The summed E-state index contributed by atoms with van der Waals surface area (Å²) >= 11 is 5.94. The Bertz CT molecular complexity index is 949. The molecule has 0 saturated heterocycles. The molecule has 1 amide bonds. The van der Waals surface area contributed by atoms with Crippen LogP contribution in [-0.4, -0.2) is 32.3 Å². The zero-order valence-corrected chi connectivity index (χ0v) is 15.6. The highest BCUT2D eigenvalue weighted by Crippen LogP contribution is 2.26. The van der Waals surface area contributed by atoms with E-state index in [9.17, 15) is 4.79 Å². The molecule has 2 aromatic carbocycles. The van der Waals surface area contributed by atoms with Gasteiger partial charge >= 0.3 is 0 Å². The number of amides is 1. The Labute approximate surface area is 158 Å². The fourth-order valence-electron chi connectivity index (χ4n) is 3.93. The molecule has 0 N–H and O–H groups in total. The Hall–Kier alpha value is -2.33. The normalized spacial score (nSPS) is 16.5. The predicted octanol–water partition coefficient (Wildman–Crippen LogP) is 3.93. The van der Waals surface area contributed by atoms with Crippen molar-refractivity contribution in [3.63, 3.8) is 0 Å². The molecule has 134 valence electrons. The second-order valence-electron chi connectivity index (χ2n) is 6.96. The maximum absolute atomic E-state index is 12.6. The van der Waals surface area contributed by atoms with E-state index in [-0.39, 0.29) is 17.8 Å². The largest absolute Gasteiger partial charge is 0.333 e. The molecule has 1 aliphatic rings. The van der Waals surface area contributed by atoms with Gasteiger partial charge in [0.2, 0.25) is 5.91 Å². The lowest BCUT2D eigenvalue weighted by molar-refractivity contribution is -0.132. The molecule has 5 heteroatoms. The molecule has 3 aromatic rings. The van der Waals surface area contributed by atoms with E-state index in [1.807, 2.05) is 17.4 Å². The van der Waals surface area contributed by atoms with Gasteiger partial charge in [0.25, 0.3) is 0 Å². The quantitative estimate of drug-likeness (QED) is 0.655. The summed E-state index contributed by atoms with van der Waals surface area (Å²) in [5.74, 6) is 0.00713. The summed E-state index contributed by atoms with van der Waals surface area (Å²) < 4.78 is 2.15. The summed E-state index contributed by atoms with van der Waals surface area (Å²) in [6.45, 7) is 3.51. The van der Waals surface area contributed by atoms with E-state index in [0.717, 1.165) is 19.4 Å². The molecule has 1 unspecified atom stereocenters. The average molecular weight is 368 g/mol. The minimum absolute atomic E-state index is 0.00668. The monoisotopic (exact) mass is 367 g/mol. The lowest BCUT2D eigenvalue weighted by Crippen LogP contribution is -2.45. The van der Waals surface area contributed by atoms with Crippen LogP contribution in [0.2, 0.25) is 0 Å². The molecule has 0 bridgehead atoms. The van der Waals surface area contributed by atoms with Crippen LogP contribution in [0.25, 0.3) is 10.8 Å². The Balaban J connectivity index is 1.64. The number of benzene rings is 2. The van der Waals surface area contributed by atoms with Crippen LogP contribution in [0, 0.1) is 6.92 Å². The lowest BCUT2D eigenvalue weighted by Gasteiger charge is -2.35. The van der Waals surface area contributed by atoms with Gasteiger partial charge in [-0.25, -0.2) is 4.98 Å². The van der Waals surface area contributed by atoms with Gasteiger partial charge in [-0.05, 0) is 41.7 Å². The fraction of sp³-hybridized carbons (Fsp3) is 0.333. The van der Waals surface area contributed by atoms with Gasteiger partial charge in [0, 0.05) is 25.0 Å². The molecular weight excluding hydrogens is 346 g/mol. The van der Waals surface area contributed by atoms with Crippen LogP contribution in [0.5, 0.6) is 0 Å². The van der Waals surface area contributed by atoms with Gasteiger partial charge in [0.05, 0.1) is 12.4 Å². The maximum Gasteiger partial charge on any atom is 0.238 e. The molecule has 0 aliphatic carbocycles. The lowest BCUT2D eigenvalue weighted by atomic mass is 9.98. The highest BCUT2D eigenvalue weighted by molar-refractivity contribution is 6.27. The molecule has 1 atom stereocenters. The van der Waals surface area contributed by atoms with Crippen molar-refractivity contribution in [2.45, 2.75) is 38.9 Å². The minimum atomic E-state index is -0.00668. The van der Waals surface area contributed by atoms with E-state index in [2.05, 4.69) is 52.9 Å². The van der Waals surface area contributed by atoms with Crippen molar-refractivity contribution >= 4 is 28.3 Å². The standard InChI is InChI=1S/C21H22ClN3O/c1-15-17(7-6-16-4-2-3-5-20(15)16)12-25(21(26)10-22)19-9-8-18-11-23-14-24(18)13-19/h2-7,11,14,19H,8-10,12-13H2,1H3. The molecule has 0 saturated carbocycles. The first kappa shape index (κ1) is 17.1. The summed E-state index contributed by atoms with van der Waals surface area (Å²) in [5, 5.41) is 2.47. The van der Waals surface area contributed by atoms with Gasteiger partial charge in [0.1, 0.15) is 5.88 Å². The van der Waals surface area contributed by atoms with Gasteiger partial charge in [0.15, 0.2) is 0 Å². The highest BCUT2D eigenvalue weighted by Gasteiger charge is 2.28. The third-order valence-corrected chi connectivity index (χ3v) is 5.69. The summed E-state index contributed by atoms with van der Waals surface area (Å²) in [5.41, 5.74) is 3.65. The van der Waals surface area contributed by atoms with E-state index in [4.69, 9.17) is 11.6 Å². The van der Waals surface area contributed by atoms with Crippen LogP contribution in [0.3, 0.4) is 0 Å². The molecule has 0 spiro atoms. The molecule has 0 fully saturated rings. The molecule has 4 rings (SSSR count). The van der Waals surface area contributed by atoms with E-state index in [1.54, 1.807) is 0 Å². The molecule has 0 radical (unpaired) electrons. The summed E-state index contributed by atoms with van der Waals surface area (Å²) in [6, 6.07) is 12.8. The van der Waals surface area contributed by atoms with E-state index < -0.39 is 0 Å². The number of hydrogen-bond donors (Lipinski definition) is 0. The van der Waals surface area contributed by atoms with Crippen molar-refractivity contribution in [3.05, 3.63) is 65.7 Å². The number of fused-ring (bicyclic) bond motifs is 2. The third-order valence-electron chi connectivity index (χ3n) is 5.47. The Morgan fingerprint density at radius 1 is 1.31 bits per heavy atom. The zero-order valence-electron chi connectivity index (χ0n) is 14.9. The predicted molar refractivity (Wildman–Crippen MR) is 104 cm³/mol. The zero-order chi connectivity index (χ0) is 18.1. The van der Waals surface area contributed by atoms with Crippen molar-refractivity contribution in [2.75, 3.05) is 5.88 Å². The smallest absolute Gasteiger partial charge is 0.238 e. The van der Waals surface area contributed by atoms with E-state index in [1.165, 1.54) is 27.6 Å². The van der Waals surface area contributed by atoms with Crippen molar-refractivity contribution in [1.29, 1.82) is 0 Å². The van der Waals surface area contributed by atoms with E-state index >= 15 is 0 Å². The number of hydrogen-bond acceptors (Lipinski definition) is 2. The number of aromatic nitrogens is 2. The van der Waals surface area contributed by atoms with Crippen molar-refractivity contribution < 1.29 is 4.79 Å². The SMILES string of the molecule is Cc1c(CN(C(=O)CCl)C2CCc3cncn3C2)ccc2ccccc12. The number of carbonyl (C=O) groups excluding carboxylic acids is 1. The number of rotatable bonds is 4. The van der Waals surface area contributed by atoms with Gasteiger partial charge in [-0.1, -0.05) is 36.4 Å². The topological polar surface area (TPSA) is 38.1 Å². The summed E-state index contributed by atoms with van der Waals surface area (Å²) in [4.78, 5) is 18.8. The molecule has 4 nitrogen and oxygen atoms in total. The molecule has 1 aliphatic heterocycles. The van der Waals surface area contributed by atoms with Gasteiger partial charge in [-0.15, -0.1) is 11.6 Å². The Morgan fingerprint density at radius 3 is 3.00 bits per heavy atom.